The summed E-state index contributed by atoms with van der Waals surface area (Å²) in [6.45, 7) is 7.26. The molecule has 0 saturated carbocycles. The van der Waals surface area contributed by atoms with E-state index in [1.165, 1.54) is 22.2 Å². The maximum Gasteiger partial charge on any atom is 0.331 e. The van der Waals surface area contributed by atoms with E-state index in [9.17, 15) is 9.59 Å². The molecule has 3 rings (SSSR count). The number of hydrogen-bond donors (Lipinski definition) is 0. The first kappa shape index (κ1) is 19.1. The fourth-order valence-corrected chi connectivity index (χ4v) is 4.04. The third kappa shape index (κ3) is 3.23. The molecule has 7 heteroatoms. The zero-order valence-corrected chi connectivity index (χ0v) is 16.8. The molecule has 0 bridgehead atoms. The highest BCUT2D eigenvalue weighted by atomic mass is 32.1. The summed E-state index contributed by atoms with van der Waals surface area (Å²) in [6.07, 6.45) is 1.42. The fraction of sp³-hybridized carbons (Fsp3) is 0.350. The quantitative estimate of drug-likeness (QED) is 0.625. The van der Waals surface area contributed by atoms with Gasteiger partial charge in [-0.15, -0.1) is 11.3 Å². The third-order valence-electron chi connectivity index (χ3n) is 4.52. The van der Waals surface area contributed by atoms with Gasteiger partial charge < -0.3 is 9.47 Å². The maximum atomic E-state index is 13.3. The highest BCUT2D eigenvalue weighted by Gasteiger charge is 2.33. The summed E-state index contributed by atoms with van der Waals surface area (Å²) < 4.78 is 11.8. The lowest BCUT2D eigenvalue weighted by Gasteiger charge is -2.24. The van der Waals surface area contributed by atoms with E-state index in [4.69, 9.17) is 9.47 Å². The second kappa shape index (κ2) is 7.15. The normalized spacial score (nSPS) is 11.6. The summed E-state index contributed by atoms with van der Waals surface area (Å²) in [4.78, 5) is 31.8. The zero-order valence-electron chi connectivity index (χ0n) is 16.0. The second-order valence-corrected chi connectivity index (χ2v) is 7.85. The first-order chi connectivity index (χ1) is 12.8. The number of aromatic nitrogens is 2. The van der Waals surface area contributed by atoms with Gasteiger partial charge in [0.2, 0.25) is 0 Å². The molecule has 0 aliphatic heterocycles. The standard InChI is InChI=1S/C20H22N2O4S/c1-6-26-19(24)20(3,4)22-11-21-17-16(18(22)23)15(12(2)27-17)13-8-7-9-14(10-13)25-5/h7-11H,6H2,1-5H3. The topological polar surface area (TPSA) is 70.4 Å². The summed E-state index contributed by atoms with van der Waals surface area (Å²) in [7, 11) is 1.61. The molecule has 0 atom stereocenters. The van der Waals surface area contributed by atoms with E-state index in [2.05, 4.69) is 4.98 Å². The van der Waals surface area contributed by atoms with Gasteiger partial charge in [-0.25, -0.2) is 9.78 Å². The van der Waals surface area contributed by atoms with E-state index in [1.807, 2.05) is 31.2 Å². The highest BCUT2D eigenvalue weighted by Crippen LogP contribution is 2.37. The number of carbonyl (C=O) groups is 1. The van der Waals surface area contributed by atoms with E-state index in [0.29, 0.717) is 16.0 Å². The molecule has 1 aromatic carbocycles. The van der Waals surface area contributed by atoms with Crippen molar-refractivity contribution in [2.45, 2.75) is 33.2 Å². The van der Waals surface area contributed by atoms with Crippen molar-refractivity contribution in [2.75, 3.05) is 13.7 Å². The van der Waals surface area contributed by atoms with Crippen molar-refractivity contribution in [1.29, 1.82) is 0 Å². The van der Waals surface area contributed by atoms with Gasteiger partial charge in [0.05, 0.1) is 19.1 Å². The van der Waals surface area contributed by atoms with Crippen LogP contribution in [0.3, 0.4) is 0 Å². The molecule has 2 heterocycles. The Bertz CT molecular complexity index is 1070. The van der Waals surface area contributed by atoms with Crippen molar-refractivity contribution in [3.8, 4) is 16.9 Å². The van der Waals surface area contributed by atoms with Crippen molar-refractivity contribution in [2.24, 2.45) is 0 Å². The predicted octanol–water partition coefficient (Wildman–Crippen LogP) is 3.74. The van der Waals surface area contributed by atoms with Crippen LogP contribution in [-0.2, 0) is 15.1 Å². The molecule has 3 aromatic rings. The molecule has 0 aliphatic carbocycles. The van der Waals surface area contributed by atoms with Gasteiger partial charge >= 0.3 is 5.97 Å². The SMILES string of the molecule is CCOC(=O)C(C)(C)n1cnc2sc(C)c(-c3cccc(OC)c3)c2c1=O. The van der Waals surface area contributed by atoms with Crippen LogP contribution in [0.25, 0.3) is 21.3 Å². The van der Waals surface area contributed by atoms with Crippen molar-refractivity contribution in [1.82, 2.24) is 9.55 Å². The Labute approximate surface area is 161 Å². The number of esters is 1. The minimum Gasteiger partial charge on any atom is -0.497 e. The number of ether oxygens (including phenoxy) is 2. The molecule has 6 nitrogen and oxygen atoms in total. The number of methoxy groups -OCH3 is 1. The molecule has 142 valence electrons. The van der Waals surface area contributed by atoms with E-state index in [-0.39, 0.29) is 12.2 Å². The average molecular weight is 386 g/mol. The van der Waals surface area contributed by atoms with Crippen LogP contribution in [0.4, 0.5) is 0 Å². The van der Waals surface area contributed by atoms with Crippen LogP contribution in [0.15, 0.2) is 35.4 Å². The molecule has 27 heavy (non-hydrogen) atoms. The number of rotatable bonds is 5. The lowest BCUT2D eigenvalue weighted by molar-refractivity contribution is -0.152. The molecule has 0 radical (unpaired) electrons. The Kier molecular flexibility index (Phi) is 5.06. The van der Waals surface area contributed by atoms with Gasteiger partial charge in [-0.3, -0.25) is 9.36 Å². The third-order valence-corrected chi connectivity index (χ3v) is 5.54. The van der Waals surface area contributed by atoms with Crippen molar-refractivity contribution < 1.29 is 14.3 Å². The van der Waals surface area contributed by atoms with E-state index in [1.54, 1.807) is 27.9 Å². The van der Waals surface area contributed by atoms with Crippen LogP contribution in [0, 0.1) is 6.92 Å². The van der Waals surface area contributed by atoms with Gasteiger partial charge in [0.25, 0.3) is 5.56 Å². The molecular weight excluding hydrogens is 364 g/mol. The number of aryl methyl sites for hydroxylation is 1. The smallest absolute Gasteiger partial charge is 0.331 e. The van der Waals surface area contributed by atoms with Crippen LogP contribution in [0.5, 0.6) is 5.75 Å². The van der Waals surface area contributed by atoms with Crippen LogP contribution in [0.2, 0.25) is 0 Å². The van der Waals surface area contributed by atoms with E-state index >= 15 is 0 Å². The number of carbonyl (C=O) groups excluding carboxylic acids is 1. The Morgan fingerprint density at radius 2 is 2.07 bits per heavy atom. The first-order valence-corrected chi connectivity index (χ1v) is 9.45. The number of thiophene rings is 1. The summed E-state index contributed by atoms with van der Waals surface area (Å²) in [5, 5.41) is 0.505. The lowest BCUT2D eigenvalue weighted by Crippen LogP contribution is -2.43. The van der Waals surface area contributed by atoms with E-state index in [0.717, 1.165) is 16.0 Å². The number of benzene rings is 1. The van der Waals surface area contributed by atoms with Gasteiger partial charge in [0.1, 0.15) is 22.4 Å². The van der Waals surface area contributed by atoms with Crippen molar-refractivity contribution >= 4 is 27.5 Å². The molecule has 0 unspecified atom stereocenters. The average Bonchev–Trinajstić information content (AvgIpc) is 2.98. The minimum absolute atomic E-state index is 0.249. The lowest BCUT2D eigenvalue weighted by atomic mass is 10.0. The molecule has 0 N–H and O–H groups in total. The summed E-state index contributed by atoms with van der Waals surface area (Å²) in [5.41, 5.74) is 0.278. The number of fused-ring (bicyclic) bond motifs is 1. The monoisotopic (exact) mass is 386 g/mol. The zero-order chi connectivity index (χ0) is 19.8. The molecule has 0 fully saturated rings. The fourth-order valence-electron chi connectivity index (χ4n) is 3.03. The van der Waals surface area contributed by atoms with Crippen molar-refractivity contribution in [3.63, 3.8) is 0 Å². The molecule has 2 aromatic heterocycles. The van der Waals surface area contributed by atoms with Gasteiger partial charge in [-0.1, -0.05) is 12.1 Å². The first-order valence-electron chi connectivity index (χ1n) is 8.64. The highest BCUT2D eigenvalue weighted by molar-refractivity contribution is 7.19. The molecule has 0 spiro atoms. The van der Waals surface area contributed by atoms with Gasteiger partial charge in [0.15, 0.2) is 0 Å². The largest absolute Gasteiger partial charge is 0.497 e. The summed E-state index contributed by atoms with van der Waals surface area (Å²) >= 11 is 1.46. The Morgan fingerprint density at radius 1 is 1.33 bits per heavy atom. The Hall–Kier alpha value is -2.67. The minimum atomic E-state index is -1.16. The van der Waals surface area contributed by atoms with Crippen LogP contribution >= 0.6 is 11.3 Å². The van der Waals surface area contributed by atoms with Gasteiger partial charge in [-0.05, 0) is 45.4 Å². The summed E-state index contributed by atoms with van der Waals surface area (Å²) in [6, 6.07) is 7.56. The number of nitrogens with zero attached hydrogens (tertiary/aromatic N) is 2. The molecule has 0 aliphatic rings. The molecule has 0 amide bonds. The second-order valence-electron chi connectivity index (χ2n) is 6.64. The maximum absolute atomic E-state index is 13.3. The van der Waals surface area contributed by atoms with Gasteiger partial charge in [-0.2, -0.15) is 0 Å². The van der Waals surface area contributed by atoms with Crippen LogP contribution in [0.1, 0.15) is 25.6 Å². The van der Waals surface area contributed by atoms with E-state index < -0.39 is 11.5 Å². The van der Waals surface area contributed by atoms with Crippen molar-refractivity contribution in [3.05, 3.63) is 45.8 Å². The predicted molar refractivity (Wildman–Crippen MR) is 107 cm³/mol. The summed E-state index contributed by atoms with van der Waals surface area (Å²) in [5.74, 6) is 0.241. The van der Waals surface area contributed by atoms with Crippen LogP contribution < -0.4 is 10.3 Å². The Morgan fingerprint density at radius 3 is 2.74 bits per heavy atom. The van der Waals surface area contributed by atoms with Crippen LogP contribution in [-0.4, -0.2) is 29.2 Å². The molecule has 0 saturated heterocycles. The van der Waals surface area contributed by atoms with Gasteiger partial charge in [0, 0.05) is 10.4 Å². The number of hydrogen-bond acceptors (Lipinski definition) is 6. The molecular formula is C20H22N2O4S. The Balaban J connectivity index is 2.27.